The van der Waals surface area contributed by atoms with Crippen LogP contribution in [0.4, 0.5) is 0 Å². The molecule has 1 amide bonds. The first-order valence-electron chi connectivity index (χ1n) is 4.05. The zero-order valence-electron chi connectivity index (χ0n) is 7.85. The first-order valence-corrected chi connectivity index (χ1v) is 4.05. The van der Waals surface area contributed by atoms with E-state index in [4.69, 9.17) is 6.42 Å². The van der Waals surface area contributed by atoms with Crippen LogP contribution in [-0.2, 0) is 4.79 Å². The highest BCUT2D eigenvalue weighted by Crippen LogP contribution is 1.95. The van der Waals surface area contributed by atoms with E-state index in [-0.39, 0.29) is 11.9 Å². The van der Waals surface area contributed by atoms with E-state index in [0.29, 0.717) is 0 Å². The van der Waals surface area contributed by atoms with E-state index in [1.807, 2.05) is 13.0 Å². The van der Waals surface area contributed by atoms with Crippen LogP contribution < -0.4 is 5.32 Å². The van der Waals surface area contributed by atoms with Crippen molar-refractivity contribution in [3.63, 3.8) is 0 Å². The van der Waals surface area contributed by atoms with Gasteiger partial charge in [0, 0.05) is 5.57 Å². The molecule has 1 unspecified atom stereocenters. The second-order valence-corrected chi connectivity index (χ2v) is 2.66. The standard InChI is InChI=1S/C10H15NO/c1-5-7-8(3)10(12)11-9(4)6-2/h2,7,9H,5H2,1,3-4H3,(H,11,12)/b8-7-. The Kier molecular flexibility index (Phi) is 4.87. The van der Waals surface area contributed by atoms with Crippen LogP contribution in [0.5, 0.6) is 0 Å². The summed E-state index contributed by atoms with van der Waals surface area (Å²) >= 11 is 0. The zero-order chi connectivity index (χ0) is 9.56. The van der Waals surface area contributed by atoms with Crippen molar-refractivity contribution in [2.75, 3.05) is 0 Å². The van der Waals surface area contributed by atoms with Gasteiger partial charge in [-0.3, -0.25) is 4.79 Å². The van der Waals surface area contributed by atoms with E-state index < -0.39 is 0 Å². The summed E-state index contributed by atoms with van der Waals surface area (Å²) in [4.78, 5) is 11.2. The Morgan fingerprint density at radius 1 is 1.75 bits per heavy atom. The molecule has 0 rings (SSSR count). The van der Waals surface area contributed by atoms with Gasteiger partial charge < -0.3 is 5.32 Å². The lowest BCUT2D eigenvalue weighted by molar-refractivity contribution is -0.117. The van der Waals surface area contributed by atoms with Crippen molar-refractivity contribution in [3.8, 4) is 12.3 Å². The lowest BCUT2D eigenvalue weighted by Crippen LogP contribution is -2.31. The molecule has 1 atom stereocenters. The number of carbonyl (C=O) groups is 1. The molecule has 0 aromatic rings. The van der Waals surface area contributed by atoms with Crippen LogP contribution in [0, 0.1) is 12.3 Å². The average Bonchev–Trinajstić information content (AvgIpc) is 2.04. The van der Waals surface area contributed by atoms with Crippen LogP contribution in [0.1, 0.15) is 27.2 Å². The van der Waals surface area contributed by atoms with E-state index >= 15 is 0 Å². The molecule has 2 heteroatoms. The Morgan fingerprint density at radius 2 is 2.33 bits per heavy atom. The van der Waals surface area contributed by atoms with Gasteiger partial charge in [0.2, 0.25) is 5.91 Å². The number of rotatable bonds is 3. The molecule has 0 aliphatic heterocycles. The molecule has 0 aliphatic rings. The Morgan fingerprint density at radius 3 is 2.75 bits per heavy atom. The molecular formula is C10H15NO. The Hall–Kier alpha value is -1.23. The van der Waals surface area contributed by atoms with Crippen LogP contribution in [0.2, 0.25) is 0 Å². The number of hydrogen-bond donors (Lipinski definition) is 1. The predicted molar refractivity (Wildman–Crippen MR) is 50.5 cm³/mol. The number of hydrogen-bond acceptors (Lipinski definition) is 1. The number of amides is 1. The first kappa shape index (κ1) is 10.8. The summed E-state index contributed by atoms with van der Waals surface area (Å²) in [5.41, 5.74) is 0.722. The maximum absolute atomic E-state index is 11.2. The fraction of sp³-hybridized carbons (Fsp3) is 0.500. The predicted octanol–water partition coefficient (Wildman–Crippen LogP) is 1.48. The summed E-state index contributed by atoms with van der Waals surface area (Å²) in [7, 11) is 0. The van der Waals surface area contributed by atoms with Crippen LogP contribution in [-0.4, -0.2) is 11.9 Å². The molecule has 66 valence electrons. The van der Waals surface area contributed by atoms with E-state index in [1.165, 1.54) is 0 Å². The Balaban J connectivity index is 4.06. The fourth-order valence-corrected chi connectivity index (χ4v) is 0.751. The van der Waals surface area contributed by atoms with Crippen LogP contribution in [0.15, 0.2) is 11.6 Å². The Bertz CT molecular complexity index is 222. The molecule has 0 fully saturated rings. The molecule has 0 saturated heterocycles. The number of terminal acetylenes is 1. The molecule has 0 spiro atoms. The monoisotopic (exact) mass is 165 g/mol. The fourth-order valence-electron chi connectivity index (χ4n) is 0.751. The summed E-state index contributed by atoms with van der Waals surface area (Å²) < 4.78 is 0. The molecule has 0 bridgehead atoms. The quantitative estimate of drug-likeness (QED) is 0.498. The van der Waals surface area contributed by atoms with Crippen molar-refractivity contribution in [1.29, 1.82) is 0 Å². The highest BCUT2D eigenvalue weighted by atomic mass is 16.1. The van der Waals surface area contributed by atoms with Crippen molar-refractivity contribution < 1.29 is 4.79 Å². The summed E-state index contributed by atoms with van der Waals surface area (Å²) in [5.74, 6) is 2.35. The van der Waals surface area contributed by atoms with Crippen LogP contribution >= 0.6 is 0 Å². The second-order valence-electron chi connectivity index (χ2n) is 2.66. The first-order chi connectivity index (χ1) is 5.61. The van der Waals surface area contributed by atoms with Gasteiger partial charge in [-0.05, 0) is 20.3 Å². The summed E-state index contributed by atoms with van der Waals surface area (Å²) in [6.45, 7) is 5.54. The molecule has 12 heavy (non-hydrogen) atoms. The summed E-state index contributed by atoms with van der Waals surface area (Å²) in [6, 6.07) is -0.197. The van der Waals surface area contributed by atoms with Gasteiger partial charge in [-0.25, -0.2) is 0 Å². The highest BCUT2D eigenvalue weighted by Gasteiger charge is 2.04. The van der Waals surface area contributed by atoms with Gasteiger partial charge >= 0.3 is 0 Å². The van der Waals surface area contributed by atoms with E-state index in [2.05, 4.69) is 11.2 Å². The molecule has 1 N–H and O–H groups in total. The van der Waals surface area contributed by atoms with Crippen molar-refractivity contribution in [3.05, 3.63) is 11.6 Å². The molecule has 2 nitrogen and oxygen atoms in total. The lowest BCUT2D eigenvalue weighted by atomic mass is 10.2. The third kappa shape index (κ3) is 3.82. The van der Waals surface area contributed by atoms with E-state index in [0.717, 1.165) is 12.0 Å². The lowest BCUT2D eigenvalue weighted by Gasteiger charge is -2.07. The molecule has 0 heterocycles. The smallest absolute Gasteiger partial charge is 0.247 e. The molecule has 0 radical (unpaired) electrons. The van der Waals surface area contributed by atoms with Crippen molar-refractivity contribution in [1.82, 2.24) is 5.32 Å². The summed E-state index contributed by atoms with van der Waals surface area (Å²) in [6.07, 6.45) is 7.85. The maximum Gasteiger partial charge on any atom is 0.247 e. The molecular weight excluding hydrogens is 150 g/mol. The van der Waals surface area contributed by atoms with Gasteiger partial charge in [0.15, 0.2) is 0 Å². The molecule has 0 saturated carbocycles. The van der Waals surface area contributed by atoms with Gasteiger partial charge in [0.1, 0.15) is 0 Å². The molecule has 0 aromatic carbocycles. The van der Waals surface area contributed by atoms with Gasteiger partial charge in [-0.2, -0.15) is 0 Å². The van der Waals surface area contributed by atoms with Crippen molar-refractivity contribution in [2.45, 2.75) is 33.2 Å². The van der Waals surface area contributed by atoms with Crippen molar-refractivity contribution >= 4 is 5.91 Å². The normalized spacial score (nSPS) is 13.3. The van der Waals surface area contributed by atoms with E-state index in [1.54, 1.807) is 13.8 Å². The molecule has 0 aliphatic carbocycles. The minimum Gasteiger partial charge on any atom is -0.339 e. The van der Waals surface area contributed by atoms with Crippen molar-refractivity contribution in [2.24, 2.45) is 0 Å². The zero-order valence-corrected chi connectivity index (χ0v) is 7.85. The second kappa shape index (κ2) is 5.42. The Labute approximate surface area is 74.0 Å². The van der Waals surface area contributed by atoms with Crippen LogP contribution in [0.25, 0.3) is 0 Å². The maximum atomic E-state index is 11.2. The van der Waals surface area contributed by atoms with Gasteiger partial charge in [0.05, 0.1) is 6.04 Å². The van der Waals surface area contributed by atoms with E-state index in [9.17, 15) is 4.79 Å². The van der Waals surface area contributed by atoms with Gasteiger partial charge in [0.25, 0.3) is 0 Å². The largest absolute Gasteiger partial charge is 0.339 e. The number of nitrogens with one attached hydrogen (secondary N) is 1. The minimum absolute atomic E-state index is 0.0812. The SMILES string of the molecule is C#CC(C)NC(=O)/C(C)=C\CC. The average molecular weight is 165 g/mol. The number of carbonyl (C=O) groups excluding carboxylic acids is 1. The topological polar surface area (TPSA) is 29.1 Å². The highest BCUT2D eigenvalue weighted by molar-refractivity contribution is 5.93. The van der Waals surface area contributed by atoms with Gasteiger partial charge in [-0.15, -0.1) is 6.42 Å². The third-order valence-corrected chi connectivity index (χ3v) is 1.47. The minimum atomic E-state index is -0.197. The summed E-state index contributed by atoms with van der Waals surface area (Å²) in [5, 5.41) is 2.67. The van der Waals surface area contributed by atoms with Gasteiger partial charge in [-0.1, -0.05) is 18.9 Å². The molecule has 0 aromatic heterocycles. The third-order valence-electron chi connectivity index (χ3n) is 1.47. The van der Waals surface area contributed by atoms with Crippen LogP contribution in [0.3, 0.4) is 0 Å². The number of allylic oxidation sites excluding steroid dienone is 1.